The molecule has 0 aromatic rings. The van der Waals surface area contributed by atoms with Gasteiger partial charge in [-0.2, -0.15) is 0 Å². The van der Waals surface area contributed by atoms with Crippen LogP contribution in [0, 0.1) is 0 Å². The maximum atomic E-state index is 10.4. The van der Waals surface area contributed by atoms with Gasteiger partial charge in [-0.3, -0.25) is 4.79 Å². The molecule has 0 amide bonds. The Morgan fingerprint density at radius 3 is 2.82 bits per heavy atom. The summed E-state index contributed by atoms with van der Waals surface area (Å²) in [5.74, 6) is 0.0732. The molecule has 0 rings (SSSR count). The van der Waals surface area contributed by atoms with Gasteiger partial charge in [-0.05, 0) is 19.4 Å². The molecule has 0 unspecified atom stereocenters. The summed E-state index contributed by atoms with van der Waals surface area (Å²) in [6, 6.07) is 0. The molecule has 0 aliphatic heterocycles. The van der Waals surface area contributed by atoms with E-state index >= 15 is 0 Å². The van der Waals surface area contributed by atoms with Crippen LogP contribution < -0.4 is 0 Å². The number of ether oxygens (including phenoxy) is 1. The van der Waals surface area contributed by atoms with Crippen LogP contribution in [-0.2, 0) is 9.53 Å². The zero-order valence-electron chi connectivity index (χ0n) is 7.30. The average Bonchev–Trinajstić information content (AvgIpc) is 1.96. The Morgan fingerprint density at radius 1 is 1.55 bits per heavy atom. The van der Waals surface area contributed by atoms with Gasteiger partial charge in [0, 0.05) is 6.61 Å². The number of hydrogen-bond acceptors (Lipinski definition) is 2. The van der Waals surface area contributed by atoms with Crippen molar-refractivity contribution in [3.05, 3.63) is 12.2 Å². The third-order valence-electron chi connectivity index (χ3n) is 1.21. The number of carbonyl (C=O) groups is 1. The second kappa shape index (κ2) is 7.48. The van der Waals surface area contributed by atoms with Gasteiger partial charge in [-0.1, -0.05) is 19.4 Å². The summed E-state index contributed by atoms with van der Waals surface area (Å²) in [4.78, 5) is 10.4. The molecule has 11 heavy (non-hydrogen) atoms. The van der Waals surface area contributed by atoms with E-state index in [1.165, 1.54) is 13.0 Å². The number of hydrogen-bond donors (Lipinski definition) is 0. The molecule has 0 heterocycles. The molecular weight excluding hydrogens is 140 g/mol. The first-order valence-corrected chi connectivity index (χ1v) is 4.02. The van der Waals surface area contributed by atoms with E-state index < -0.39 is 0 Å². The van der Waals surface area contributed by atoms with Crippen LogP contribution in [0.2, 0.25) is 0 Å². The molecule has 0 fully saturated rings. The molecule has 0 N–H and O–H groups in total. The smallest absolute Gasteiger partial charge is 0.152 e. The highest BCUT2D eigenvalue weighted by molar-refractivity contribution is 5.87. The average molecular weight is 156 g/mol. The van der Waals surface area contributed by atoms with Crippen LogP contribution >= 0.6 is 0 Å². The molecule has 0 atom stereocenters. The van der Waals surface area contributed by atoms with Crippen molar-refractivity contribution in [1.29, 1.82) is 0 Å². The predicted molar refractivity (Wildman–Crippen MR) is 45.5 cm³/mol. The third kappa shape index (κ3) is 9.37. The van der Waals surface area contributed by atoms with E-state index in [0.29, 0.717) is 6.61 Å². The van der Waals surface area contributed by atoms with Crippen molar-refractivity contribution >= 4 is 5.78 Å². The molecule has 0 spiro atoms. The van der Waals surface area contributed by atoms with Crippen LogP contribution in [0.5, 0.6) is 0 Å². The van der Waals surface area contributed by atoms with Gasteiger partial charge >= 0.3 is 0 Å². The Morgan fingerprint density at radius 2 is 2.27 bits per heavy atom. The Kier molecular flexibility index (Phi) is 7.05. The SMILES string of the molecule is CCCCOC/C=C/C(C)=O. The first-order chi connectivity index (χ1) is 5.27. The minimum absolute atomic E-state index is 0.0732. The van der Waals surface area contributed by atoms with E-state index in [1.54, 1.807) is 6.08 Å². The van der Waals surface area contributed by atoms with Gasteiger partial charge in [0.05, 0.1) is 6.61 Å². The fourth-order valence-corrected chi connectivity index (χ4v) is 0.612. The van der Waals surface area contributed by atoms with Crippen molar-refractivity contribution in [3.63, 3.8) is 0 Å². The number of rotatable bonds is 6. The van der Waals surface area contributed by atoms with Gasteiger partial charge in [0.1, 0.15) is 0 Å². The van der Waals surface area contributed by atoms with Gasteiger partial charge in [0.2, 0.25) is 0 Å². The topological polar surface area (TPSA) is 26.3 Å². The molecule has 0 aromatic carbocycles. The second-order valence-electron chi connectivity index (χ2n) is 2.44. The van der Waals surface area contributed by atoms with Gasteiger partial charge in [0.15, 0.2) is 5.78 Å². The van der Waals surface area contributed by atoms with Crippen LogP contribution in [0.1, 0.15) is 26.7 Å². The number of carbonyl (C=O) groups excluding carboxylic acids is 1. The highest BCUT2D eigenvalue weighted by Gasteiger charge is 1.83. The molecular formula is C9H16O2. The van der Waals surface area contributed by atoms with Crippen LogP contribution in [0.3, 0.4) is 0 Å². The van der Waals surface area contributed by atoms with Crippen LogP contribution in [0.25, 0.3) is 0 Å². The maximum absolute atomic E-state index is 10.4. The number of unbranched alkanes of at least 4 members (excludes halogenated alkanes) is 1. The summed E-state index contributed by atoms with van der Waals surface area (Å²) in [5, 5.41) is 0. The molecule has 0 aromatic heterocycles. The van der Waals surface area contributed by atoms with Gasteiger partial charge in [-0.15, -0.1) is 0 Å². The lowest BCUT2D eigenvalue weighted by Gasteiger charge is -1.96. The minimum atomic E-state index is 0.0732. The van der Waals surface area contributed by atoms with E-state index in [0.717, 1.165) is 19.4 Å². The van der Waals surface area contributed by atoms with E-state index in [1.807, 2.05) is 0 Å². The highest BCUT2D eigenvalue weighted by atomic mass is 16.5. The lowest BCUT2D eigenvalue weighted by molar-refractivity contribution is -0.112. The zero-order valence-corrected chi connectivity index (χ0v) is 7.30. The fraction of sp³-hybridized carbons (Fsp3) is 0.667. The molecule has 2 nitrogen and oxygen atoms in total. The van der Waals surface area contributed by atoms with Gasteiger partial charge in [-0.25, -0.2) is 0 Å². The first-order valence-electron chi connectivity index (χ1n) is 4.02. The zero-order chi connectivity index (χ0) is 8.53. The lowest BCUT2D eigenvalue weighted by Crippen LogP contribution is -1.93. The van der Waals surface area contributed by atoms with Gasteiger partial charge in [0.25, 0.3) is 0 Å². The van der Waals surface area contributed by atoms with Crippen LogP contribution in [0.4, 0.5) is 0 Å². The Bertz CT molecular complexity index is 128. The Hall–Kier alpha value is -0.630. The van der Waals surface area contributed by atoms with Crippen molar-refractivity contribution in [3.8, 4) is 0 Å². The van der Waals surface area contributed by atoms with Crippen molar-refractivity contribution < 1.29 is 9.53 Å². The van der Waals surface area contributed by atoms with E-state index in [-0.39, 0.29) is 5.78 Å². The van der Waals surface area contributed by atoms with E-state index in [4.69, 9.17) is 4.74 Å². The van der Waals surface area contributed by atoms with Gasteiger partial charge < -0.3 is 4.74 Å². The first kappa shape index (κ1) is 10.4. The van der Waals surface area contributed by atoms with Crippen LogP contribution in [-0.4, -0.2) is 19.0 Å². The summed E-state index contributed by atoms with van der Waals surface area (Å²) in [7, 11) is 0. The van der Waals surface area contributed by atoms with E-state index in [9.17, 15) is 4.79 Å². The van der Waals surface area contributed by atoms with Crippen molar-refractivity contribution in [1.82, 2.24) is 0 Å². The number of ketones is 1. The molecule has 0 saturated heterocycles. The Balaban J connectivity index is 3.07. The monoisotopic (exact) mass is 156 g/mol. The standard InChI is InChI=1S/C9H16O2/c1-3-4-7-11-8-5-6-9(2)10/h5-6H,3-4,7-8H2,1-2H3/b6-5+. The Labute approximate surface area is 68.2 Å². The summed E-state index contributed by atoms with van der Waals surface area (Å²) >= 11 is 0. The molecule has 0 bridgehead atoms. The second-order valence-corrected chi connectivity index (χ2v) is 2.44. The maximum Gasteiger partial charge on any atom is 0.152 e. The summed E-state index contributed by atoms with van der Waals surface area (Å²) in [5.41, 5.74) is 0. The lowest BCUT2D eigenvalue weighted by atomic mass is 10.3. The normalized spacial score (nSPS) is 10.7. The highest BCUT2D eigenvalue weighted by Crippen LogP contribution is 1.87. The fourth-order valence-electron chi connectivity index (χ4n) is 0.612. The summed E-state index contributed by atoms with van der Waals surface area (Å²) in [6.07, 6.45) is 5.52. The quantitative estimate of drug-likeness (QED) is 0.434. The molecule has 0 saturated carbocycles. The minimum Gasteiger partial charge on any atom is -0.377 e. The largest absolute Gasteiger partial charge is 0.377 e. The molecule has 0 aliphatic rings. The van der Waals surface area contributed by atoms with Crippen molar-refractivity contribution in [2.24, 2.45) is 0 Å². The van der Waals surface area contributed by atoms with Crippen molar-refractivity contribution in [2.45, 2.75) is 26.7 Å². The van der Waals surface area contributed by atoms with Crippen molar-refractivity contribution in [2.75, 3.05) is 13.2 Å². The molecule has 2 heteroatoms. The molecule has 0 radical (unpaired) electrons. The summed E-state index contributed by atoms with van der Waals surface area (Å²) in [6.45, 7) is 5.00. The molecule has 0 aliphatic carbocycles. The third-order valence-corrected chi connectivity index (χ3v) is 1.21. The molecule has 64 valence electrons. The number of allylic oxidation sites excluding steroid dienone is 1. The van der Waals surface area contributed by atoms with E-state index in [2.05, 4.69) is 6.92 Å². The van der Waals surface area contributed by atoms with Crippen LogP contribution in [0.15, 0.2) is 12.2 Å². The predicted octanol–water partition coefficient (Wildman–Crippen LogP) is 1.95. The summed E-state index contributed by atoms with van der Waals surface area (Å²) < 4.78 is 5.19.